The van der Waals surface area contributed by atoms with Gasteiger partial charge in [-0.05, 0) is 11.4 Å². The Balaban J connectivity index is 2.84. The molecule has 0 radical (unpaired) electrons. The van der Waals surface area contributed by atoms with Crippen molar-refractivity contribution in [2.75, 3.05) is 6.26 Å². The average molecular weight is 281 g/mol. The molecule has 0 fully saturated rings. The standard InChI is InChI=1S/C10H7N3O3S2/c1-18(15,16)10-12-8(7-3-2-4-17-7)6(5-11)9(14)13-10/h2-4H,1H3,(H,12,13,14). The number of hydrogen-bond acceptors (Lipinski definition) is 6. The van der Waals surface area contributed by atoms with Crippen LogP contribution in [-0.4, -0.2) is 24.6 Å². The maximum absolute atomic E-state index is 11.7. The van der Waals surface area contributed by atoms with Crippen LogP contribution in [0.3, 0.4) is 0 Å². The smallest absolute Gasteiger partial charge is 0.270 e. The average Bonchev–Trinajstić information content (AvgIpc) is 2.79. The number of nitriles is 1. The van der Waals surface area contributed by atoms with E-state index < -0.39 is 20.6 Å². The zero-order valence-corrected chi connectivity index (χ0v) is 10.8. The maximum Gasteiger partial charge on any atom is 0.270 e. The van der Waals surface area contributed by atoms with Gasteiger partial charge in [0, 0.05) is 6.26 Å². The topological polar surface area (TPSA) is 104 Å². The van der Waals surface area contributed by atoms with Gasteiger partial charge in [-0.1, -0.05) is 6.07 Å². The first-order chi connectivity index (χ1) is 8.43. The summed E-state index contributed by atoms with van der Waals surface area (Å²) in [5.41, 5.74) is -0.849. The Labute approximate surface area is 106 Å². The molecule has 0 spiro atoms. The molecule has 1 N–H and O–H groups in total. The minimum Gasteiger partial charge on any atom is -0.296 e. The van der Waals surface area contributed by atoms with Crippen LogP contribution in [0.2, 0.25) is 0 Å². The molecule has 6 nitrogen and oxygen atoms in total. The summed E-state index contributed by atoms with van der Waals surface area (Å²) in [4.78, 5) is 18.2. The minimum atomic E-state index is -3.64. The van der Waals surface area contributed by atoms with Crippen LogP contribution in [0.25, 0.3) is 10.6 Å². The van der Waals surface area contributed by atoms with Crippen LogP contribution in [0.4, 0.5) is 0 Å². The van der Waals surface area contributed by atoms with E-state index >= 15 is 0 Å². The van der Waals surface area contributed by atoms with E-state index in [1.807, 2.05) is 0 Å². The molecule has 2 aromatic rings. The van der Waals surface area contributed by atoms with Crippen LogP contribution in [0.1, 0.15) is 5.56 Å². The third-order valence-corrected chi connectivity index (χ3v) is 3.89. The summed E-state index contributed by atoms with van der Waals surface area (Å²) in [6.45, 7) is 0. The molecule has 0 saturated carbocycles. The van der Waals surface area contributed by atoms with E-state index in [-0.39, 0.29) is 11.3 Å². The fraction of sp³-hybridized carbons (Fsp3) is 0.100. The molecule has 0 aliphatic rings. The highest BCUT2D eigenvalue weighted by molar-refractivity contribution is 7.90. The third-order valence-electron chi connectivity index (χ3n) is 2.12. The van der Waals surface area contributed by atoms with Crippen LogP contribution in [0.5, 0.6) is 0 Å². The highest BCUT2D eigenvalue weighted by atomic mass is 32.2. The number of H-pyrrole nitrogens is 1. The number of nitrogens with one attached hydrogen (secondary N) is 1. The van der Waals surface area contributed by atoms with Gasteiger partial charge in [0.1, 0.15) is 17.3 Å². The second-order valence-electron chi connectivity index (χ2n) is 3.46. The van der Waals surface area contributed by atoms with Crippen molar-refractivity contribution in [3.8, 4) is 16.6 Å². The molecular formula is C10H7N3O3S2. The summed E-state index contributed by atoms with van der Waals surface area (Å²) in [7, 11) is -3.64. The predicted molar refractivity (Wildman–Crippen MR) is 66.0 cm³/mol. The van der Waals surface area contributed by atoms with E-state index in [0.717, 1.165) is 6.26 Å². The number of nitrogens with zero attached hydrogens (tertiary/aromatic N) is 2. The number of hydrogen-bond donors (Lipinski definition) is 1. The molecule has 0 aromatic carbocycles. The Morgan fingerprint density at radius 3 is 2.72 bits per heavy atom. The molecule has 92 valence electrons. The third kappa shape index (κ3) is 2.18. The highest BCUT2D eigenvalue weighted by Gasteiger charge is 2.18. The zero-order valence-electron chi connectivity index (χ0n) is 9.17. The maximum atomic E-state index is 11.7. The molecule has 0 aliphatic carbocycles. The Morgan fingerprint density at radius 1 is 1.50 bits per heavy atom. The quantitative estimate of drug-likeness (QED) is 0.819. The van der Waals surface area contributed by atoms with E-state index in [1.54, 1.807) is 23.6 Å². The van der Waals surface area contributed by atoms with Crippen LogP contribution in [-0.2, 0) is 9.84 Å². The van der Waals surface area contributed by atoms with Gasteiger partial charge >= 0.3 is 0 Å². The lowest BCUT2D eigenvalue weighted by Crippen LogP contribution is -2.18. The second kappa shape index (κ2) is 4.36. The van der Waals surface area contributed by atoms with Gasteiger partial charge in [-0.3, -0.25) is 9.78 Å². The van der Waals surface area contributed by atoms with Gasteiger partial charge < -0.3 is 0 Å². The molecule has 0 unspecified atom stereocenters. The highest BCUT2D eigenvalue weighted by Crippen LogP contribution is 2.24. The Hall–Kier alpha value is -1.98. The van der Waals surface area contributed by atoms with Gasteiger partial charge in [0.25, 0.3) is 5.56 Å². The van der Waals surface area contributed by atoms with Gasteiger partial charge in [0.05, 0.1) is 4.88 Å². The number of aromatic nitrogens is 2. The van der Waals surface area contributed by atoms with Crippen molar-refractivity contribution < 1.29 is 8.42 Å². The van der Waals surface area contributed by atoms with Gasteiger partial charge in [-0.15, -0.1) is 11.3 Å². The SMILES string of the molecule is CS(=O)(=O)c1nc(-c2cccs2)c(C#N)c(=O)[nH]1. The van der Waals surface area contributed by atoms with Crippen molar-refractivity contribution in [1.29, 1.82) is 5.26 Å². The molecule has 8 heteroatoms. The minimum absolute atomic E-state index is 0.0941. The lowest BCUT2D eigenvalue weighted by Gasteiger charge is -2.02. The van der Waals surface area contributed by atoms with Gasteiger partial charge in [-0.25, -0.2) is 13.4 Å². The summed E-state index contributed by atoms with van der Waals surface area (Å²) in [5.74, 6) is 0. The Bertz CT molecular complexity index is 783. The predicted octanol–water partition coefficient (Wildman–Crippen LogP) is 0.774. The van der Waals surface area contributed by atoms with Gasteiger partial charge in [0.15, 0.2) is 0 Å². The Morgan fingerprint density at radius 2 is 2.22 bits per heavy atom. The molecule has 2 heterocycles. The van der Waals surface area contributed by atoms with Crippen LogP contribution >= 0.6 is 11.3 Å². The van der Waals surface area contributed by atoms with Crippen molar-refractivity contribution in [3.05, 3.63) is 33.4 Å². The number of thiophene rings is 1. The summed E-state index contributed by atoms with van der Waals surface area (Å²) in [6.07, 6.45) is 0.940. The second-order valence-corrected chi connectivity index (χ2v) is 6.33. The molecular weight excluding hydrogens is 274 g/mol. The lowest BCUT2D eigenvalue weighted by atomic mass is 10.2. The molecule has 2 rings (SSSR count). The van der Waals surface area contributed by atoms with Crippen molar-refractivity contribution in [1.82, 2.24) is 9.97 Å². The summed E-state index contributed by atoms with van der Waals surface area (Å²) >= 11 is 1.27. The van der Waals surface area contributed by atoms with Crippen LogP contribution in [0, 0.1) is 11.3 Å². The van der Waals surface area contributed by atoms with Crippen molar-refractivity contribution >= 4 is 21.2 Å². The molecule has 0 bridgehead atoms. The zero-order chi connectivity index (χ0) is 13.3. The van der Waals surface area contributed by atoms with Gasteiger partial charge in [-0.2, -0.15) is 5.26 Å². The number of sulfone groups is 1. The van der Waals surface area contributed by atoms with Crippen LogP contribution in [0.15, 0.2) is 27.5 Å². The largest absolute Gasteiger partial charge is 0.296 e. The molecule has 0 atom stereocenters. The molecule has 0 saturated heterocycles. The van der Waals surface area contributed by atoms with Crippen molar-refractivity contribution in [2.24, 2.45) is 0 Å². The van der Waals surface area contributed by atoms with E-state index in [9.17, 15) is 13.2 Å². The Kier molecular flexibility index (Phi) is 3.02. The first-order valence-electron chi connectivity index (χ1n) is 4.72. The molecule has 0 aliphatic heterocycles. The van der Waals surface area contributed by atoms with E-state index in [1.165, 1.54) is 11.3 Å². The molecule has 2 aromatic heterocycles. The fourth-order valence-electron chi connectivity index (χ4n) is 1.32. The normalized spacial score (nSPS) is 11.1. The van der Waals surface area contributed by atoms with E-state index in [0.29, 0.717) is 4.88 Å². The van der Waals surface area contributed by atoms with E-state index in [4.69, 9.17) is 5.26 Å². The van der Waals surface area contributed by atoms with Crippen molar-refractivity contribution in [2.45, 2.75) is 5.16 Å². The molecule has 0 amide bonds. The summed E-state index contributed by atoms with van der Waals surface area (Å²) in [6, 6.07) is 5.13. The van der Waals surface area contributed by atoms with Crippen molar-refractivity contribution in [3.63, 3.8) is 0 Å². The lowest BCUT2D eigenvalue weighted by molar-refractivity contribution is 0.592. The summed E-state index contributed by atoms with van der Waals surface area (Å²) < 4.78 is 22.8. The first-order valence-corrected chi connectivity index (χ1v) is 7.49. The number of rotatable bonds is 2. The first kappa shape index (κ1) is 12.5. The van der Waals surface area contributed by atoms with E-state index in [2.05, 4.69) is 9.97 Å². The summed E-state index contributed by atoms with van der Waals surface area (Å²) in [5, 5.41) is 10.3. The fourth-order valence-corrected chi connectivity index (χ4v) is 2.58. The van der Waals surface area contributed by atoms with Crippen LogP contribution < -0.4 is 5.56 Å². The monoisotopic (exact) mass is 281 g/mol. The van der Waals surface area contributed by atoms with Gasteiger partial charge in [0.2, 0.25) is 15.0 Å². The number of aromatic amines is 1. The molecule has 18 heavy (non-hydrogen) atoms.